The lowest BCUT2D eigenvalue weighted by atomic mass is 9.91. The molecule has 0 atom stereocenters. The summed E-state index contributed by atoms with van der Waals surface area (Å²) in [7, 11) is 0. The van der Waals surface area contributed by atoms with Gasteiger partial charge in [-0.1, -0.05) is 29.8 Å². The van der Waals surface area contributed by atoms with Crippen molar-refractivity contribution in [2.24, 2.45) is 0 Å². The molecule has 0 aliphatic heterocycles. The molecule has 1 fully saturated rings. The highest BCUT2D eigenvalue weighted by molar-refractivity contribution is 6.33. The fraction of sp³-hybridized carbons (Fsp3) is 0.385. The van der Waals surface area contributed by atoms with Crippen molar-refractivity contribution in [3.8, 4) is 11.3 Å². The molecule has 4 rings (SSSR count). The fourth-order valence-electron chi connectivity index (χ4n) is 4.27. The molecule has 1 aliphatic rings. The minimum absolute atomic E-state index is 0.231. The molecular formula is C26H31ClFN5O. The maximum absolute atomic E-state index is 13.4. The van der Waals surface area contributed by atoms with Gasteiger partial charge in [0.2, 0.25) is 0 Å². The summed E-state index contributed by atoms with van der Waals surface area (Å²) in [5, 5.41) is 19.8. The Balaban J connectivity index is 1.38. The Bertz CT molecular complexity index is 1070. The largest absolute Gasteiger partial charge is 0.396 e. The smallest absolute Gasteiger partial charge is 0.126 e. The standard InChI is InChI=1S/C26H31ClFN5O/c27-23-17-31-26(32-21-10-8-20(9-11-21)29-12-3-13-34)15-22(23)24-6-2-7-25(33-24)30-16-18-4-1-5-19(28)14-18/h1-2,4-7,14-15,17,20-21,29,34H,3,8-13,16H2,(H,30,33)(H,31,32). The molecule has 0 bridgehead atoms. The minimum Gasteiger partial charge on any atom is -0.396 e. The van der Waals surface area contributed by atoms with Crippen molar-refractivity contribution in [2.75, 3.05) is 23.8 Å². The second-order valence-electron chi connectivity index (χ2n) is 8.67. The van der Waals surface area contributed by atoms with Crippen LogP contribution in [0.15, 0.2) is 54.7 Å². The minimum atomic E-state index is -0.254. The van der Waals surface area contributed by atoms with Gasteiger partial charge in [0.25, 0.3) is 0 Å². The summed E-state index contributed by atoms with van der Waals surface area (Å²) >= 11 is 6.48. The van der Waals surface area contributed by atoms with Gasteiger partial charge in [0, 0.05) is 37.0 Å². The van der Waals surface area contributed by atoms with Gasteiger partial charge < -0.3 is 21.1 Å². The van der Waals surface area contributed by atoms with E-state index >= 15 is 0 Å². The highest BCUT2D eigenvalue weighted by Gasteiger charge is 2.21. The van der Waals surface area contributed by atoms with Crippen LogP contribution in [0.4, 0.5) is 16.0 Å². The molecule has 1 aliphatic carbocycles. The van der Waals surface area contributed by atoms with Crippen LogP contribution in [0, 0.1) is 5.82 Å². The van der Waals surface area contributed by atoms with Gasteiger partial charge >= 0.3 is 0 Å². The number of hydrogen-bond acceptors (Lipinski definition) is 6. The van der Waals surface area contributed by atoms with Crippen LogP contribution in [-0.2, 0) is 6.54 Å². The third-order valence-electron chi connectivity index (χ3n) is 6.09. The van der Waals surface area contributed by atoms with Crippen molar-refractivity contribution in [2.45, 2.75) is 50.7 Å². The van der Waals surface area contributed by atoms with Crippen LogP contribution in [0.1, 0.15) is 37.7 Å². The first-order valence-electron chi connectivity index (χ1n) is 11.8. The van der Waals surface area contributed by atoms with Gasteiger partial charge in [0.05, 0.1) is 10.7 Å². The monoisotopic (exact) mass is 483 g/mol. The first-order valence-corrected chi connectivity index (χ1v) is 12.2. The molecule has 180 valence electrons. The normalized spacial score (nSPS) is 18.0. The number of aliphatic hydroxyl groups is 1. The summed E-state index contributed by atoms with van der Waals surface area (Å²) in [6.07, 6.45) is 6.79. The Morgan fingerprint density at radius 3 is 2.59 bits per heavy atom. The van der Waals surface area contributed by atoms with E-state index < -0.39 is 0 Å². The molecule has 6 nitrogen and oxygen atoms in total. The molecule has 2 heterocycles. The second kappa shape index (κ2) is 12.1. The van der Waals surface area contributed by atoms with Crippen molar-refractivity contribution < 1.29 is 9.50 Å². The average Bonchev–Trinajstić information content (AvgIpc) is 2.85. The third kappa shape index (κ3) is 6.88. The summed E-state index contributed by atoms with van der Waals surface area (Å²) < 4.78 is 13.4. The predicted octanol–water partition coefficient (Wildman–Crippen LogP) is 5.24. The molecule has 1 saturated carbocycles. The quantitative estimate of drug-likeness (QED) is 0.295. The van der Waals surface area contributed by atoms with Gasteiger partial charge in [0.15, 0.2) is 0 Å². The molecule has 4 N–H and O–H groups in total. The lowest BCUT2D eigenvalue weighted by Gasteiger charge is -2.30. The van der Waals surface area contributed by atoms with E-state index in [9.17, 15) is 4.39 Å². The number of halogens is 2. The number of nitrogens with one attached hydrogen (secondary N) is 3. The zero-order valence-corrected chi connectivity index (χ0v) is 19.9. The molecule has 0 saturated heterocycles. The first kappa shape index (κ1) is 24.4. The van der Waals surface area contributed by atoms with Crippen LogP contribution in [0.2, 0.25) is 5.02 Å². The van der Waals surface area contributed by atoms with Crippen LogP contribution in [0.5, 0.6) is 0 Å². The van der Waals surface area contributed by atoms with Crippen molar-refractivity contribution in [3.05, 3.63) is 71.1 Å². The Hall–Kier alpha value is -2.74. The SMILES string of the molecule is OCCCNC1CCC(Nc2cc(-c3cccc(NCc4cccc(F)c4)n3)c(Cl)cn2)CC1. The summed E-state index contributed by atoms with van der Waals surface area (Å²) in [6.45, 7) is 1.57. The molecular weight excluding hydrogens is 453 g/mol. The number of aromatic nitrogens is 2. The molecule has 0 amide bonds. The molecule has 0 radical (unpaired) electrons. The van der Waals surface area contributed by atoms with Crippen molar-refractivity contribution in [1.29, 1.82) is 0 Å². The Morgan fingerprint density at radius 2 is 1.79 bits per heavy atom. The molecule has 2 aromatic heterocycles. The number of nitrogens with zero attached hydrogens (tertiary/aromatic N) is 2. The Morgan fingerprint density at radius 1 is 1.00 bits per heavy atom. The lowest BCUT2D eigenvalue weighted by molar-refractivity contribution is 0.276. The van der Waals surface area contributed by atoms with Crippen molar-refractivity contribution in [3.63, 3.8) is 0 Å². The topological polar surface area (TPSA) is 82.1 Å². The number of benzene rings is 1. The van der Waals surface area contributed by atoms with E-state index in [0.29, 0.717) is 29.5 Å². The molecule has 1 aromatic carbocycles. The number of rotatable bonds is 10. The maximum atomic E-state index is 13.4. The highest BCUT2D eigenvalue weighted by atomic mass is 35.5. The van der Waals surface area contributed by atoms with Gasteiger partial charge in [-0.15, -0.1) is 0 Å². The summed E-state index contributed by atoms with van der Waals surface area (Å²) in [6, 6.07) is 15.1. The van der Waals surface area contributed by atoms with Crippen molar-refractivity contribution in [1.82, 2.24) is 15.3 Å². The Kier molecular flexibility index (Phi) is 8.68. The molecule has 0 unspecified atom stereocenters. The van der Waals surface area contributed by atoms with Crippen LogP contribution >= 0.6 is 11.6 Å². The van der Waals surface area contributed by atoms with Crippen molar-refractivity contribution >= 4 is 23.2 Å². The van der Waals surface area contributed by atoms with Crippen LogP contribution in [0.3, 0.4) is 0 Å². The van der Waals surface area contributed by atoms with E-state index in [1.54, 1.807) is 12.3 Å². The molecule has 34 heavy (non-hydrogen) atoms. The summed E-state index contributed by atoms with van der Waals surface area (Å²) in [5.41, 5.74) is 2.41. The average molecular weight is 484 g/mol. The van der Waals surface area contributed by atoms with Gasteiger partial charge in [-0.05, 0) is 74.5 Å². The highest BCUT2D eigenvalue weighted by Crippen LogP contribution is 2.30. The molecule has 3 aromatic rings. The van der Waals surface area contributed by atoms with E-state index in [1.807, 2.05) is 30.3 Å². The number of hydrogen-bond donors (Lipinski definition) is 4. The summed E-state index contributed by atoms with van der Waals surface area (Å²) in [5.74, 6) is 1.23. The lowest BCUT2D eigenvalue weighted by Crippen LogP contribution is -2.37. The van der Waals surface area contributed by atoms with Crippen LogP contribution < -0.4 is 16.0 Å². The van der Waals surface area contributed by atoms with E-state index in [1.165, 1.54) is 12.1 Å². The maximum Gasteiger partial charge on any atom is 0.126 e. The summed E-state index contributed by atoms with van der Waals surface area (Å²) in [4.78, 5) is 9.18. The molecule has 8 heteroatoms. The fourth-order valence-corrected chi connectivity index (χ4v) is 4.47. The number of anilines is 2. The van der Waals surface area contributed by atoms with E-state index in [2.05, 4.69) is 20.9 Å². The zero-order chi connectivity index (χ0) is 23.8. The second-order valence-corrected chi connectivity index (χ2v) is 9.07. The predicted molar refractivity (Wildman–Crippen MR) is 136 cm³/mol. The van der Waals surface area contributed by atoms with Crippen LogP contribution in [-0.4, -0.2) is 40.3 Å². The van der Waals surface area contributed by atoms with Gasteiger partial charge in [-0.2, -0.15) is 0 Å². The van der Waals surface area contributed by atoms with E-state index in [-0.39, 0.29) is 12.4 Å². The van der Waals surface area contributed by atoms with E-state index in [0.717, 1.165) is 61.3 Å². The zero-order valence-electron chi connectivity index (χ0n) is 19.1. The third-order valence-corrected chi connectivity index (χ3v) is 6.39. The Labute approximate surface area is 205 Å². The van der Waals surface area contributed by atoms with Gasteiger partial charge in [-0.3, -0.25) is 0 Å². The first-order chi connectivity index (χ1) is 16.6. The number of pyridine rings is 2. The number of aliphatic hydroxyl groups excluding tert-OH is 1. The van der Waals surface area contributed by atoms with Gasteiger partial charge in [-0.25, -0.2) is 14.4 Å². The van der Waals surface area contributed by atoms with Gasteiger partial charge in [0.1, 0.15) is 17.5 Å². The molecule has 0 spiro atoms. The van der Waals surface area contributed by atoms with E-state index in [4.69, 9.17) is 21.7 Å². The van der Waals surface area contributed by atoms with Crippen LogP contribution in [0.25, 0.3) is 11.3 Å².